The van der Waals surface area contributed by atoms with Crippen molar-refractivity contribution in [1.82, 2.24) is 4.90 Å². The maximum Gasteiger partial charge on any atom is 0.228 e. The first-order chi connectivity index (χ1) is 9.65. The molecule has 0 radical (unpaired) electrons. The molecular weight excluding hydrogens is 276 g/mol. The van der Waals surface area contributed by atoms with Gasteiger partial charge in [0.05, 0.1) is 5.92 Å². The van der Waals surface area contributed by atoms with Crippen molar-refractivity contribution in [2.75, 3.05) is 24.5 Å². The second-order valence-electron chi connectivity index (χ2n) is 5.41. The van der Waals surface area contributed by atoms with Gasteiger partial charge in [0.15, 0.2) is 0 Å². The van der Waals surface area contributed by atoms with Gasteiger partial charge in [0.25, 0.3) is 0 Å². The highest BCUT2D eigenvalue weighted by Crippen LogP contribution is 2.28. The average Bonchev–Trinajstić information content (AvgIpc) is 3.08. The van der Waals surface area contributed by atoms with Crippen LogP contribution in [-0.2, 0) is 9.59 Å². The number of nitrogens with zero attached hydrogens (tertiary/aromatic N) is 2. The van der Waals surface area contributed by atoms with Gasteiger partial charge in [-0.05, 0) is 37.1 Å². The van der Waals surface area contributed by atoms with Gasteiger partial charge in [0.2, 0.25) is 11.8 Å². The lowest BCUT2D eigenvalue weighted by Crippen LogP contribution is -2.35. The molecule has 2 aliphatic heterocycles. The lowest BCUT2D eigenvalue weighted by atomic mass is 10.1. The maximum atomic E-state index is 12.4. The highest BCUT2D eigenvalue weighted by atomic mass is 35.5. The molecule has 0 unspecified atom stereocenters. The number of anilines is 1. The van der Waals surface area contributed by atoms with E-state index in [1.807, 2.05) is 17.0 Å². The fraction of sp³-hybridized carbons (Fsp3) is 0.467. The fourth-order valence-electron chi connectivity index (χ4n) is 2.94. The Morgan fingerprint density at radius 3 is 2.45 bits per heavy atom. The standard InChI is InChI=1S/C15H17ClN2O2/c16-12-3-5-13(6-4-12)18-10-11(9-14(18)19)15(20)17-7-1-2-8-17/h3-6,11H,1-2,7-10H2/t11-/m1/s1. The molecule has 0 N–H and O–H groups in total. The number of benzene rings is 1. The minimum Gasteiger partial charge on any atom is -0.342 e. The van der Waals surface area contributed by atoms with Crippen LogP contribution in [0.2, 0.25) is 5.02 Å². The third-order valence-corrected chi connectivity index (χ3v) is 4.28. The lowest BCUT2D eigenvalue weighted by molar-refractivity contribution is -0.134. The van der Waals surface area contributed by atoms with Crippen LogP contribution < -0.4 is 4.90 Å². The van der Waals surface area contributed by atoms with Gasteiger partial charge in [-0.1, -0.05) is 11.6 Å². The Kier molecular flexibility index (Phi) is 3.66. The Morgan fingerprint density at radius 1 is 1.15 bits per heavy atom. The molecule has 0 aliphatic carbocycles. The summed E-state index contributed by atoms with van der Waals surface area (Å²) in [7, 11) is 0. The molecule has 0 aromatic heterocycles. The lowest BCUT2D eigenvalue weighted by Gasteiger charge is -2.20. The van der Waals surface area contributed by atoms with Gasteiger partial charge < -0.3 is 9.80 Å². The molecule has 2 fully saturated rings. The SMILES string of the molecule is O=C([C@@H]1CC(=O)N(c2ccc(Cl)cc2)C1)N1CCCC1. The largest absolute Gasteiger partial charge is 0.342 e. The van der Waals surface area contributed by atoms with E-state index in [-0.39, 0.29) is 17.7 Å². The second kappa shape index (κ2) is 5.44. The first kappa shape index (κ1) is 13.4. The maximum absolute atomic E-state index is 12.4. The smallest absolute Gasteiger partial charge is 0.228 e. The predicted molar refractivity (Wildman–Crippen MR) is 77.7 cm³/mol. The molecule has 0 saturated carbocycles. The van der Waals surface area contributed by atoms with Crippen LogP contribution in [0.5, 0.6) is 0 Å². The van der Waals surface area contributed by atoms with Crippen molar-refractivity contribution in [1.29, 1.82) is 0 Å². The first-order valence-electron chi connectivity index (χ1n) is 7.00. The molecule has 0 bridgehead atoms. The van der Waals surface area contributed by atoms with Crippen molar-refractivity contribution in [3.63, 3.8) is 0 Å². The van der Waals surface area contributed by atoms with Crippen molar-refractivity contribution >= 4 is 29.1 Å². The van der Waals surface area contributed by atoms with Crippen LogP contribution in [0.1, 0.15) is 19.3 Å². The first-order valence-corrected chi connectivity index (χ1v) is 7.37. The minimum absolute atomic E-state index is 0.0184. The highest BCUT2D eigenvalue weighted by Gasteiger charge is 2.37. The van der Waals surface area contributed by atoms with Crippen LogP contribution in [0, 0.1) is 5.92 Å². The number of hydrogen-bond acceptors (Lipinski definition) is 2. The van der Waals surface area contributed by atoms with Gasteiger partial charge in [-0.15, -0.1) is 0 Å². The molecular formula is C15H17ClN2O2. The number of rotatable bonds is 2. The minimum atomic E-state index is -0.198. The third kappa shape index (κ3) is 2.52. The third-order valence-electron chi connectivity index (χ3n) is 4.03. The summed E-state index contributed by atoms with van der Waals surface area (Å²) in [6.07, 6.45) is 2.47. The Balaban J connectivity index is 1.71. The van der Waals surface area contributed by atoms with E-state index < -0.39 is 0 Å². The molecule has 4 nitrogen and oxygen atoms in total. The highest BCUT2D eigenvalue weighted by molar-refractivity contribution is 6.30. The van der Waals surface area contributed by atoms with Crippen molar-refractivity contribution < 1.29 is 9.59 Å². The number of halogens is 1. The van der Waals surface area contributed by atoms with Crippen LogP contribution in [-0.4, -0.2) is 36.3 Å². The normalized spacial score (nSPS) is 22.6. The zero-order valence-electron chi connectivity index (χ0n) is 11.2. The van der Waals surface area contributed by atoms with Crippen LogP contribution in [0.3, 0.4) is 0 Å². The molecule has 3 rings (SSSR count). The number of amides is 2. The van der Waals surface area contributed by atoms with E-state index in [0.29, 0.717) is 18.0 Å². The predicted octanol–water partition coefficient (Wildman–Crippen LogP) is 2.32. The topological polar surface area (TPSA) is 40.6 Å². The van der Waals surface area contributed by atoms with Crippen molar-refractivity contribution in [3.8, 4) is 0 Å². The summed E-state index contributed by atoms with van der Waals surface area (Å²) in [5, 5.41) is 0.644. The van der Waals surface area contributed by atoms with Crippen LogP contribution in [0.15, 0.2) is 24.3 Å². The molecule has 20 heavy (non-hydrogen) atoms. The summed E-state index contributed by atoms with van der Waals surface area (Å²) < 4.78 is 0. The van der Waals surface area contributed by atoms with Gasteiger partial charge in [0, 0.05) is 36.8 Å². The summed E-state index contributed by atoms with van der Waals surface area (Å²) in [6.45, 7) is 2.16. The molecule has 2 aliphatic rings. The molecule has 1 atom stereocenters. The molecule has 1 aromatic carbocycles. The van der Waals surface area contributed by atoms with E-state index >= 15 is 0 Å². The Hall–Kier alpha value is -1.55. The van der Waals surface area contributed by atoms with Crippen molar-refractivity contribution in [2.24, 2.45) is 5.92 Å². The van der Waals surface area contributed by atoms with Gasteiger partial charge >= 0.3 is 0 Å². The molecule has 1 aromatic rings. The summed E-state index contributed by atoms with van der Waals surface area (Å²) in [5.41, 5.74) is 0.816. The number of likely N-dealkylation sites (tertiary alicyclic amines) is 1. The summed E-state index contributed by atoms with van der Waals surface area (Å²) in [4.78, 5) is 28.0. The molecule has 2 heterocycles. The summed E-state index contributed by atoms with van der Waals surface area (Å²) in [5.74, 6) is -0.0477. The van der Waals surface area contributed by atoms with E-state index in [4.69, 9.17) is 11.6 Å². The Bertz CT molecular complexity index is 523. The number of hydrogen-bond donors (Lipinski definition) is 0. The van der Waals surface area contributed by atoms with Crippen molar-refractivity contribution in [3.05, 3.63) is 29.3 Å². The average molecular weight is 293 g/mol. The summed E-state index contributed by atoms with van der Waals surface area (Å²) in [6, 6.07) is 7.17. The summed E-state index contributed by atoms with van der Waals surface area (Å²) >= 11 is 5.86. The van der Waals surface area contributed by atoms with E-state index in [1.54, 1.807) is 17.0 Å². The number of carbonyl (C=O) groups is 2. The van der Waals surface area contributed by atoms with Gasteiger partial charge in [-0.2, -0.15) is 0 Å². The monoisotopic (exact) mass is 292 g/mol. The van der Waals surface area contributed by atoms with E-state index in [2.05, 4.69) is 0 Å². The van der Waals surface area contributed by atoms with Gasteiger partial charge in [0.1, 0.15) is 0 Å². The van der Waals surface area contributed by atoms with Gasteiger partial charge in [-0.25, -0.2) is 0 Å². The quantitative estimate of drug-likeness (QED) is 0.839. The van der Waals surface area contributed by atoms with Crippen LogP contribution in [0.4, 0.5) is 5.69 Å². The molecule has 106 valence electrons. The van der Waals surface area contributed by atoms with E-state index in [9.17, 15) is 9.59 Å². The number of carbonyl (C=O) groups excluding carboxylic acids is 2. The Labute approximate surface area is 123 Å². The second-order valence-corrected chi connectivity index (χ2v) is 5.85. The molecule has 0 spiro atoms. The van der Waals surface area contributed by atoms with Gasteiger partial charge in [-0.3, -0.25) is 9.59 Å². The fourth-order valence-corrected chi connectivity index (χ4v) is 3.07. The molecule has 5 heteroatoms. The van der Waals surface area contributed by atoms with E-state index in [0.717, 1.165) is 31.6 Å². The van der Waals surface area contributed by atoms with E-state index in [1.165, 1.54) is 0 Å². The van der Waals surface area contributed by atoms with Crippen LogP contribution in [0.25, 0.3) is 0 Å². The molecule has 2 amide bonds. The van der Waals surface area contributed by atoms with Crippen molar-refractivity contribution in [2.45, 2.75) is 19.3 Å². The zero-order valence-corrected chi connectivity index (χ0v) is 12.0. The molecule has 2 saturated heterocycles. The van der Waals surface area contributed by atoms with Crippen LogP contribution >= 0.6 is 11.6 Å². The zero-order chi connectivity index (χ0) is 14.1. The Morgan fingerprint density at radius 2 is 1.80 bits per heavy atom.